The maximum Gasteiger partial charge on any atom is 0.328 e. The topological polar surface area (TPSA) is 67.8 Å². The average molecular weight is 281 g/mol. The van der Waals surface area contributed by atoms with E-state index in [2.05, 4.69) is 5.32 Å². The first-order valence-corrected chi connectivity index (χ1v) is 6.62. The van der Waals surface area contributed by atoms with Gasteiger partial charge in [0.2, 0.25) is 0 Å². The molecule has 0 aliphatic heterocycles. The third kappa shape index (κ3) is 3.22. The summed E-state index contributed by atoms with van der Waals surface area (Å²) < 4.78 is 10.5. The van der Waals surface area contributed by atoms with Gasteiger partial charge in [-0.05, 0) is 32.4 Å². The summed E-state index contributed by atoms with van der Waals surface area (Å²) in [6, 6.07) is 5.22. The highest BCUT2D eigenvalue weighted by Crippen LogP contribution is 2.33. The maximum atomic E-state index is 11.7. The lowest BCUT2D eigenvalue weighted by Gasteiger charge is -2.31. The molecule has 5 nitrogen and oxygen atoms in total. The summed E-state index contributed by atoms with van der Waals surface area (Å²) in [5, 5.41) is 12.8. The zero-order valence-electron chi connectivity index (χ0n) is 12.7. The number of carbonyl (C=O) groups is 1. The van der Waals surface area contributed by atoms with Crippen LogP contribution >= 0.6 is 0 Å². The van der Waals surface area contributed by atoms with Crippen molar-refractivity contribution >= 4 is 5.97 Å². The lowest BCUT2D eigenvalue weighted by atomic mass is 9.90. The minimum atomic E-state index is -1.22. The molecule has 0 bridgehead atoms. The van der Waals surface area contributed by atoms with Crippen molar-refractivity contribution in [3.63, 3.8) is 0 Å². The largest absolute Gasteiger partial charge is 0.497 e. The quantitative estimate of drug-likeness (QED) is 0.803. The van der Waals surface area contributed by atoms with Gasteiger partial charge in [-0.3, -0.25) is 5.32 Å². The van der Waals surface area contributed by atoms with Gasteiger partial charge in [0.15, 0.2) is 0 Å². The molecule has 0 amide bonds. The lowest BCUT2D eigenvalue weighted by molar-refractivity contribution is -0.145. The molecule has 1 aromatic rings. The van der Waals surface area contributed by atoms with Crippen molar-refractivity contribution < 1.29 is 19.4 Å². The molecule has 2 atom stereocenters. The van der Waals surface area contributed by atoms with Crippen LogP contribution < -0.4 is 14.8 Å². The van der Waals surface area contributed by atoms with Crippen LogP contribution in [0.1, 0.15) is 32.8 Å². The molecule has 0 aliphatic carbocycles. The molecular formula is C15H23NO4. The van der Waals surface area contributed by atoms with Crippen molar-refractivity contribution in [1.82, 2.24) is 5.32 Å². The van der Waals surface area contributed by atoms with Crippen LogP contribution in [0.15, 0.2) is 18.2 Å². The van der Waals surface area contributed by atoms with Gasteiger partial charge < -0.3 is 14.6 Å². The highest BCUT2D eigenvalue weighted by molar-refractivity contribution is 5.81. The Kier molecular flexibility index (Phi) is 5.39. The number of hydrogen-bond donors (Lipinski definition) is 2. The molecule has 2 unspecified atom stereocenters. The van der Waals surface area contributed by atoms with Crippen LogP contribution in [0.5, 0.6) is 11.5 Å². The van der Waals surface area contributed by atoms with Crippen LogP contribution in [-0.2, 0) is 10.3 Å². The Labute approximate surface area is 119 Å². The number of ether oxygens (including phenoxy) is 2. The first-order valence-electron chi connectivity index (χ1n) is 6.62. The van der Waals surface area contributed by atoms with Crippen molar-refractivity contribution in [1.29, 1.82) is 0 Å². The van der Waals surface area contributed by atoms with Crippen LogP contribution in [0.2, 0.25) is 0 Å². The lowest BCUT2D eigenvalue weighted by Crippen LogP contribution is -2.50. The van der Waals surface area contributed by atoms with Crippen LogP contribution in [0.25, 0.3) is 0 Å². The number of methoxy groups -OCH3 is 2. The molecule has 0 radical (unpaired) electrons. The summed E-state index contributed by atoms with van der Waals surface area (Å²) in [7, 11) is 3.08. The second kappa shape index (κ2) is 6.61. The predicted octanol–water partition coefficient (Wildman–Crippen LogP) is 2.39. The van der Waals surface area contributed by atoms with E-state index >= 15 is 0 Å². The molecule has 0 saturated carbocycles. The highest BCUT2D eigenvalue weighted by Gasteiger charge is 2.38. The monoisotopic (exact) mass is 281 g/mol. The van der Waals surface area contributed by atoms with E-state index < -0.39 is 11.5 Å². The molecule has 1 rings (SSSR count). The van der Waals surface area contributed by atoms with Gasteiger partial charge in [-0.1, -0.05) is 6.92 Å². The summed E-state index contributed by atoms with van der Waals surface area (Å²) >= 11 is 0. The number of aliphatic carboxylic acids is 1. The Morgan fingerprint density at radius 3 is 2.50 bits per heavy atom. The number of hydrogen-bond acceptors (Lipinski definition) is 4. The van der Waals surface area contributed by atoms with Crippen molar-refractivity contribution in [3.05, 3.63) is 23.8 Å². The van der Waals surface area contributed by atoms with Gasteiger partial charge in [-0.25, -0.2) is 4.79 Å². The Hall–Kier alpha value is -1.75. The summed E-state index contributed by atoms with van der Waals surface area (Å²) in [6.07, 6.45) is 0.835. The summed E-state index contributed by atoms with van der Waals surface area (Å²) in [4.78, 5) is 11.7. The fourth-order valence-corrected chi connectivity index (χ4v) is 2.06. The van der Waals surface area contributed by atoms with E-state index in [0.29, 0.717) is 17.1 Å². The fraction of sp³-hybridized carbons (Fsp3) is 0.533. The number of rotatable bonds is 7. The maximum absolute atomic E-state index is 11.7. The predicted molar refractivity (Wildman–Crippen MR) is 77.4 cm³/mol. The molecule has 0 saturated heterocycles. The minimum Gasteiger partial charge on any atom is -0.497 e. The van der Waals surface area contributed by atoms with Gasteiger partial charge in [0.1, 0.15) is 17.0 Å². The van der Waals surface area contributed by atoms with E-state index in [1.165, 1.54) is 7.11 Å². The van der Waals surface area contributed by atoms with Crippen LogP contribution in [0.4, 0.5) is 0 Å². The van der Waals surface area contributed by atoms with E-state index in [0.717, 1.165) is 6.42 Å². The molecule has 0 aromatic heterocycles. The van der Waals surface area contributed by atoms with E-state index in [1.807, 2.05) is 13.8 Å². The fourth-order valence-electron chi connectivity index (χ4n) is 2.06. The Morgan fingerprint density at radius 2 is 2.05 bits per heavy atom. The summed E-state index contributed by atoms with van der Waals surface area (Å²) in [5.74, 6) is 0.174. The molecule has 0 heterocycles. The van der Waals surface area contributed by atoms with Crippen LogP contribution in [0, 0.1) is 0 Å². The Bertz CT molecular complexity index is 475. The molecule has 5 heteroatoms. The smallest absolute Gasteiger partial charge is 0.328 e. The van der Waals surface area contributed by atoms with Crippen molar-refractivity contribution in [2.75, 3.05) is 14.2 Å². The first kappa shape index (κ1) is 16.3. The molecule has 0 aliphatic rings. The van der Waals surface area contributed by atoms with E-state index in [1.54, 1.807) is 32.2 Å². The molecule has 0 fully saturated rings. The SMILES string of the molecule is CCC(C)NC(C)(C(=O)O)c1ccc(OC)cc1OC. The third-order valence-corrected chi connectivity index (χ3v) is 3.52. The van der Waals surface area contributed by atoms with Gasteiger partial charge in [-0.15, -0.1) is 0 Å². The third-order valence-electron chi connectivity index (χ3n) is 3.52. The zero-order valence-corrected chi connectivity index (χ0v) is 12.7. The van der Waals surface area contributed by atoms with E-state index in [9.17, 15) is 9.90 Å². The van der Waals surface area contributed by atoms with Gasteiger partial charge >= 0.3 is 5.97 Å². The van der Waals surface area contributed by atoms with E-state index in [-0.39, 0.29) is 6.04 Å². The van der Waals surface area contributed by atoms with Gasteiger partial charge in [0.05, 0.1) is 14.2 Å². The minimum absolute atomic E-state index is 0.0721. The molecule has 20 heavy (non-hydrogen) atoms. The van der Waals surface area contributed by atoms with Gasteiger partial charge in [-0.2, -0.15) is 0 Å². The highest BCUT2D eigenvalue weighted by atomic mass is 16.5. The molecule has 2 N–H and O–H groups in total. The van der Waals surface area contributed by atoms with Gasteiger partial charge in [0.25, 0.3) is 0 Å². The van der Waals surface area contributed by atoms with Crippen molar-refractivity contribution in [2.24, 2.45) is 0 Å². The molecule has 0 spiro atoms. The number of benzene rings is 1. The van der Waals surface area contributed by atoms with E-state index in [4.69, 9.17) is 9.47 Å². The van der Waals surface area contributed by atoms with Crippen molar-refractivity contribution in [3.8, 4) is 11.5 Å². The summed E-state index contributed by atoms with van der Waals surface area (Å²) in [6.45, 7) is 5.61. The average Bonchev–Trinajstić information content (AvgIpc) is 2.45. The molecule has 112 valence electrons. The number of carboxylic acids is 1. The van der Waals surface area contributed by atoms with Gasteiger partial charge in [0, 0.05) is 17.7 Å². The number of nitrogens with one attached hydrogen (secondary N) is 1. The first-order chi connectivity index (χ1) is 9.38. The standard InChI is InChI=1S/C15H23NO4/c1-6-10(2)16-15(3,14(17)18)12-8-7-11(19-4)9-13(12)20-5/h7-10,16H,6H2,1-5H3,(H,17,18). The zero-order chi connectivity index (χ0) is 15.3. The number of carboxylic acid groups (broad SMARTS) is 1. The van der Waals surface area contributed by atoms with Crippen molar-refractivity contribution in [2.45, 2.75) is 38.8 Å². The van der Waals surface area contributed by atoms with Crippen LogP contribution in [0.3, 0.4) is 0 Å². The second-order valence-electron chi connectivity index (χ2n) is 4.95. The molecule has 1 aromatic carbocycles. The Morgan fingerprint density at radius 1 is 1.40 bits per heavy atom. The normalized spacial score (nSPS) is 15.2. The van der Waals surface area contributed by atoms with Crippen LogP contribution in [-0.4, -0.2) is 31.3 Å². The summed E-state index contributed by atoms with van der Waals surface area (Å²) in [5.41, 5.74) is -0.638. The molecular weight excluding hydrogens is 258 g/mol. The second-order valence-corrected chi connectivity index (χ2v) is 4.95. The Balaban J connectivity index is 3.31.